The summed E-state index contributed by atoms with van der Waals surface area (Å²) in [4.78, 5) is 10.6. The van der Waals surface area contributed by atoms with Gasteiger partial charge in [0.2, 0.25) is 0 Å². The number of fused-ring (bicyclic) bond motifs is 5. The minimum atomic E-state index is -0.144. The van der Waals surface area contributed by atoms with Gasteiger partial charge in [-0.25, -0.2) is 0 Å². The molecule has 4 heteroatoms. The second kappa shape index (κ2) is 2.67. The summed E-state index contributed by atoms with van der Waals surface area (Å²) in [5.74, 6) is 2.09. The van der Waals surface area contributed by atoms with Crippen LogP contribution < -0.4 is 0 Å². The first-order chi connectivity index (χ1) is 6.33. The molecule has 0 N–H and O–H groups in total. The smallest absolute Gasteiger partial charge is 0.112 e. The van der Waals surface area contributed by atoms with Crippen molar-refractivity contribution in [2.75, 3.05) is 13.2 Å². The van der Waals surface area contributed by atoms with E-state index in [9.17, 15) is 4.91 Å². The quantitative estimate of drug-likeness (QED) is 0.478. The molecule has 1 aliphatic heterocycles. The van der Waals surface area contributed by atoms with Crippen molar-refractivity contribution in [3.63, 3.8) is 0 Å². The van der Waals surface area contributed by atoms with Crippen LogP contribution in [-0.2, 0) is 4.74 Å². The van der Waals surface area contributed by atoms with Crippen molar-refractivity contribution in [1.82, 2.24) is 0 Å². The van der Waals surface area contributed by atoms with E-state index < -0.39 is 0 Å². The summed E-state index contributed by atoms with van der Waals surface area (Å²) in [6, 6.07) is -0.144. The van der Waals surface area contributed by atoms with E-state index in [1.807, 2.05) is 0 Å². The Hall–Kier alpha value is -0.150. The van der Waals surface area contributed by atoms with Crippen molar-refractivity contribution in [3.8, 4) is 0 Å². The molecule has 1 heterocycles. The standard InChI is InChI=1S/C9H12ClNO2/c10-8-4-1-5(9(8)11-12)7-3-13-2-6(4)7/h4-9H,1-3H2/t4-,5-,6-,7+,8+,9-/m1/s1. The van der Waals surface area contributed by atoms with Crippen LogP contribution in [0, 0.1) is 28.6 Å². The Bertz CT molecular complexity index is 248. The van der Waals surface area contributed by atoms with Gasteiger partial charge in [-0.15, -0.1) is 11.6 Å². The summed E-state index contributed by atoms with van der Waals surface area (Å²) >= 11 is 6.19. The molecular weight excluding hydrogens is 190 g/mol. The predicted molar refractivity (Wildman–Crippen MR) is 48.6 cm³/mol. The first-order valence-electron chi connectivity index (χ1n) is 4.87. The van der Waals surface area contributed by atoms with Gasteiger partial charge in [0, 0.05) is 0 Å². The maximum atomic E-state index is 10.6. The van der Waals surface area contributed by atoms with Crippen LogP contribution in [0.1, 0.15) is 6.42 Å². The zero-order chi connectivity index (χ0) is 9.00. The molecule has 6 atom stereocenters. The fraction of sp³-hybridized carbons (Fsp3) is 1.00. The normalized spacial score (nSPS) is 58.2. The van der Waals surface area contributed by atoms with Crippen LogP contribution >= 0.6 is 11.6 Å². The largest absolute Gasteiger partial charge is 0.381 e. The van der Waals surface area contributed by atoms with E-state index >= 15 is 0 Å². The molecule has 3 rings (SSSR count). The average molecular weight is 202 g/mol. The van der Waals surface area contributed by atoms with Crippen molar-refractivity contribution < 1.29 is 4.74 Å². The summed E-state index contributed by atoms with van der Waals surface area (Å²) in [5, 5.41) is 3.15. The summed E-state index contributed by atoms with van der Waals surface area (Å²) in [7, 11) is 0. The summed E-state index contributed by atoms with van der Waals surface area (Å²) in [6.07, 6.45) is 1.10. The first kappa shape index (κ1) is 8.18. The molecule has 3 aliphatic rings. The van der Waals surface area contributed by atoms with Crippen LogP contribution in [0.3, 0.4) is 0 Å². The third-order valence-electron chi connectivity index (χ3n) is 4.11. The minimum absolute atomic E-state index is 0.0227. The zero-order valence-electron chi connectivity index (χ0n) is 7.23. The van der Waals surface area contributed by atoms with Crippen molar-refractivity contribution in [1.29, 1.82) is 0 Å². The monoisotopic (exact) mass is 201 g/mol. The lowest BCUT2D eigenvalue weighted by atomic mass is 9.79. The molecule has 0 radical (unpaired) electrons. The van der Waals surface area contributed by atoms with Crippen LogP contribution in [0.25, 0.3) is 0 Å². The SMILES string of the molecule is O=N[C@H]1[C@@H](Cl)[C@@H]2C[C@@H]1[C@@H]1COC[C@@H]12. The minimum Gasteiger partial charge on any atom is -0.381 e. The Kier molecular flexibility index (Phi) is 1.68. The number of alkyl halides is 1. The highest BCUT2D eigenvalue weighted by Gasteiger charge is 2.60. The third kappa shape index (κ3) is 0.895. The Labute approximate surface area is 81.8 Å². The molecular formula is C9H12ClNO2. The number of halogens is 1. The van der Waals surface area contributed by atoms with E-state index in [1.54, 1.807) is 0 Å². The van der Waals surface area contributed by atoms with Crippen molar-refractivity contribution >= 4 is 11.6 Å². The highest BCUT2D eigenvalue weighted by molar-refractivity contribution is 6.21. The molecule has 2 saturated carbocycles. The molecule has 1 saturated heterocycles. The molecule has 0 aromatic heterocycles. The maximum Gasteiger partial charge on any atom is 0.112 e. The van der Waals surface area contributed by atoms with E-state index in [4.69, 9.17) is 16.3 Å². The molecule has 72 valence electrons. The molecule has 0 unspecified atom stereocenters. The lowest BCUT2D eigenvalue weighted by Crippen LogP contribution is -2.37. The topological polar surface area (TPSA) is 38.7 Å². The lowest BCUT2D eigenvalue weighted by Gasteiger charge is -2.29. The Morgan fingerprint density at radius 3 is 2.54 bits per heavy atom. The van der Waals surface area contributed by atoms with Gasteiger partial charge in [-0.1, -0.05) is 5.18 Å². The molecule has 3 nitrogen and oxygen atoms in total. The number of nitrogens with zero attached hydrogens (tertiary/aromatic N) is 1. The van der Waals surface area contributed by atoms with E-state index in [2.05, 4.69) is 5.18 Å². The fourth-order valence-electron chi connectivity index (χ4n) is 3.52. The van der Waals surface area contributed by atoms with Crippen LogP contribution in [0.2, 0.25) is 0 Å². The van der Waals surface area contributed by atoms with Crippen molar-refractivity contribution in [2.24, 2.45) is 28.8 Å². The van der Waals surface area contributed by atoms with Gasteiger partial charge < -0.3 is 4.74 Å². The van der Waals surface area contributed by atoms with Gasteiger partial charge >= 0.3 is 0 Å². The van der Waals surface area contributed by atoms with E-state index in [-0.39, 0.29) is 11.4 Å². The molecule has 0 amide bonds. The molecule has 3 fully saturated rings. The number of nitroso groups, excluding NO2 is 1. The summed E-state index contributed by atoms with van der Waals surface area (Å²) < 4.78 is 5.43. The van der Waals surface area contributed by atoms with Gasteiger partial charge in [0.15, 0.2) is 0 Å². The van der Waals surface area contributed by atoms with E-state index in [1.165, 1.54) is 0 Å². The molecule has 0 aromatic rings. The molecule has 2 bridgehead atoms. The number of ether oxygens (including phenoxy) is 1. The highest BCUT2D eigenvalue weighted by atomic mass is 35.5. The third-order valence-corrected chi connectivity index (χ3v) is 4.69. The van der Waals surface area contributed by atoms with Crippen LogP contribution in [0.4, 0.5) is 0 Å². The first-order valence-corrected chi connectivity index (χ1v) is 5.31. The molecule has 2 aliphatic carbocycles. The number of hydrogen-bond donors (Lipinski definition) is 0. The Morgan fingerprint density at radius 1 is 1.15 bits per heavy atom. The van der Waals surface area contributed by atoms with Crippen molar-refractivity contribution in [3.05, 3.63) is 4.91 Å². The molecule has 0 aromatic carbocycles. The van der Waals surface area contributed by atoms with Gasteiger partial charge in [-0.2, -0.15) is 4.91 Å². The maximum absolute atomic E-state index is 10.6. The van der Waals surface area contributed by atoms with E-state index in [0.717, 1.165) is 19.6 Å². The second-order valence-corrected chi connectivity index (χ2v) is 4.97. The van der Waals surface area contributed by atoms with Gasteiger partial charge in [0.05, 0.1) is 18.6 Å². The Balaban J connectivity index is 1.91. The second-order valence-electron chi connectivity index (χ2n) is 4.47. The summed E-state index contributed by atoms with van der Waals surface area (Å²) in [6.45, 7) is 1.67. The summed E-state index contributed by atoms with van der Waals surface area (Å²) in [5.41, 5.74) is 0. The van der Waals surface area contributed by atoms with Crippen LogP contribution in [0.15, 0.2) is 5.18 Å². The molecule has 13 heavy (non-hydrogen) atoms. The van der Waals surface area contributed by atoms with Gasteiger partial charge in [0.1, 0.15) is 6.04 Å². The van der Waals surface area contributed by atoms with Crippen LogP contribution in [0.5, 0.6) is 0 Å². The lowest BCUT2D eigenvalue weighted by molar-refractivity contribution is 0.163. The van der Waals surface area contributed by atoms with Gasteiger partial charge in [-0.05, 0) is 30.1 Å². The molecule has 0 spiro atoms. The van der Waals surface area contributed by atoms with Crippen molar-refractivity contribution in [2.45, 2.75) is 17.8 Å². The van der Waals surface area contributed by atoms with Crippen LogP contribution in [-0.4, -0.2) is 24.6 Å². The van der Waals surface area contributed by atoms with E-state index in [0.29, 0.717) is 23.7 Å². The number of rotatable bonds is 1. The Morgan fingerprint density at radius 2 is 1.85 bits per heavy atom. The van der Waals surface area contributed by atoms with Gasteiger partial charge in [0.25, 0.3) is 0 Å². The fourth-order valence-corrected chi connectivity index (χ4v) is 4.04. The average Bonchev–Trinajstić information content (AvgIpc) is 2.71. The zero-order valence-corrected chi connectivity index (χ0v) is 7.98. The highest BCUT2D eigenvalue weighted by Crippen LogP contribution is 2.57. The van der Waals surface area contributed by atoms with Gasteiger partial charge in [-0.3, -0.25) is 0 Å². The predicted octanol–water partition coefficient (Wildman–Crippen LogP) is 1.64. The number of hydrogen-bond acceptors (Lipinski definition) is 3.